The molecule has 0 saturated carbocycles. The first-order valence-corrected chi connectivity index (χ1v) is 8.01. The Balaban J connectivity index is 1.67. The molecule has 5 heteroatoms. The van der Waals surface area contributed by atoms with E-state index in [0.717, 1.165) is 18.5 Å². The highest BCUT2D eigenvalue weighted by atomic mass is 15.2. The van der Waals surface area contributed by atoms with Gasteiger partial charge in [0.15, 0.2) is 0 Å². The van der Waals surface area contributed by atoms with Crippen LogP contribution in [0.1, 0.15) is 11.1 Å². The minimum Gasteiger partial charge on any atom is -0.383 e. The van der Waals surface area contributed by atoms with Crippen LogP contribution in [0.3, 0.4) is 0 Å². The second-order valence-corrected chi connectivity index (χ2v) is 5.98. The zero-order chi connectivity index (χ0) is 16.5. The third-order valence-corrected chi connectivity index (χ3v) is 4.49. The molecule has 0 unspecified atom stereocenters. The van der Waals surface area contributed by atoms with E-state index in [0.29, 0.717) is 12.4 Å². The van der Waals surface area contributed by atoms with Crippen LogP contribution in [0.4, 0.5) is 17.5 Å². The molecule has 1 aliphatic rings. The molecule has 24 heavy (non-hydrogen) atoms. The van der Waals surface area contributed by atoms with Crippen molar-refractivity contribution >= 4 is 17.5 Å². The molecule has 1 aliphatic heterocycles. The van der Waals surface area contributed by atoms with Crippen LogP contribution in [-0.2, 0) is 13.0 Å². The van der Waals surface area contributed by atoms with Gasteiger partial charge in [-0.15, -0.1) is 0 Å². The van der Waals surface area contributed by atoms with Crippen LogP contribution in [-0.4, -0.2) is 16.5 Å². The lowest BCUT2D eigenvalue weighted by molar-refractivity contribution is 0.830. The third-order valence-electron chi connectivity index (χ3n) is 4.49. The van der Waals surface area contributed by atoms with Crippen LogP contribution in [0, 0.1) is 0 Å². The summed E-state index contributed by atoms with van der Waals surface area (Å²) in [6.07, 6.45) is 2.74. The summed E-state index contributed by atoms with van der Waals surface area (Å²) in [6, 6.07) is 17.0. The lowest BCUT2D eigenvalue weighted by atomic mass is 9.98. The van der Waals surface area contributed by atoms with E-state index in [2.05, 4.69) is 57.3 Å². The standard InChI is InChI=1S/C19H19N5/c20-18-14(11-22-19(21)23-18)12-24-10-9-16-15(7-4-8-17(16)24)13-5-2-1-3-6-13/h1-8,11H,9-10,12H2,(H4,20,21,22,23). The zero-order valence-electron chi connectivity index (χ0n) is 13.3. The summed E-state index contributed by atoms with van der Waals surface area (Å²) in [5.74, 6) is 0.666. The SMILES string of the molecule is Nc1ncc(CN2CCc3c(-c4ccccc4)cccc32)c(N)n1. The van der Waals surface area contributed by atoms with Gasteiger partial charge in [-0.1, -0.05) is 42.5 Å². The molecule has 2 heterocycles. The Hall–Kier alpha value is -3.08. The maximum atomic E-state index is 5.98. The average molecular weight is 317 g/mol. The maximum absolute atomic E-state index is 5.98. The lowest BCUT2D eigenvalue weighted by Crippen LogP contribution is -2.21. The van der Waals surface area contributed by atoms with E-state index in [1.165, 1.54) is 22.4 Å². The predicted molar refractivity (Wildman–Crippen MR) is 97.5 cm³/mol. The fourth-order valence-electron chi connectivity index (χ4n) is 3.31. The van der Waals surface area contributed by atoms with E-state index < -0.39 is 0 Å². The molecule has 0 saturated heterocycles. The predicted octanol–water partition coefficient (Wildman–Crippen LogP) is 2.87. The number of benzene rings is 2. The minimum atomic E-state index is 0.212. The molecule has 1 aromatic heterocycles. The number of aromatic nitrogens is 2. The lowest BCUT2D eigenvalue weighted by Gasteiger charge is -2.20. The summed E-state index contributed by atoms with van der Waals surface area (Å²) in [5, 5.41) is 0. The van der Waals surface area contributed by atoms with Gasteiger partial charge in [0, 0.05) is 30.5 Å². The van der Waals surface area contributed by atoms with Crippen LogP contribution in [0.5, 0.6) is 0 Å². The summed E-state index contributed by atoms with van der Waals surface area (Å²) in [5.41, 5.74) is 17.7. The van der Waals surface area contributed by atoms with E-state index in [9.17, 15) is 0 Å². The maximum Gasteiger partial charge on any atom is 0.221 e. The first-order chi connectivity index (χ1) is 11.7. The quantitative estimate of drug-likeness (QED) is 0.776. The highest BCUT2D eigenvalue weighted by molar-refractivity contribution is 5.76. The smallest absolute Gasteiger partial charge is 0.221 e. The second kappa shape index (κ2) is 5.85. The largest absolute Gasteiger partial charge is 0.383 e. The van der Waals surface area contributed by atoms with Gasteiger partial charge < -0.3 is 16.4 Å². The fraction of sp³-hybridized carbons (Fsp3) is 0.158. The Labute approximate surface area is 141 Å². The van der Waals surface area contributed by atoms with Crippen molar-refractivity contribution in [3.05, 3.63) is 65.9 Å². The van der Waals surface area contributed by atoms with Crippen LogP contribution in [0.25, 0.3) is 11.1 Å². The Morgan fingerprint density at radius 2 is 1.83 bits per heavy atom. The van der Waals surface area contributed by atoms with E-state index in [1.54, 1.807) is 6.20 Å². The molecule has 0 amide bonds. The van der Waals surface area contributed by atoms with Crippen LogP contribution in [0.2, 0.25) is 0 Å². The second-order valence-electron chi connectivity index (χ2n) is 5.98. The number of rotatable bonds is 3. The van der Waals surface area contributed by atoms with Crippen molar-refractivity contribution in [3.8, 4) is 11.1 Å². The van der Waals surface area contributed by atoms with Crippen molar-refractivity contribution < 1.29 is 0 Å². The van der Waals surface area contributed by atoms with Gasteiger partial charge in [0.05, 0.1) is 0 Å². The Kier molecular flexibility index (Phi) is 3.54. The van der Waals surface area contributed by atoms with Crippen molar-refractivity contribution in [2.24, 2.45) is 0 Å². The van der Waals surface area contributed by atoms with Gasteiger partial charge in [-0.05, 0) is 29.2 Å². The number of fused-ring (bicyclic) bond motifs is 1. The summed E-state index contributed by atoms with van der Waals surface area (Å²) < 4.78 is 0. The molecule has 4 rings (SSSR count). The molecule has 4 N–H and O–H groups in total. The van der Waals surface area contributed by atoms with Gasteiger partial charge >= 0.3 is 0 Å². The van der Waals surface area contributed by atoms with Crippen LogP contribution >= 0.6 is 0 Å². The fourth-order valence-corrected chi connectivity index (χ4v) is 3.31. The molecule has 0 atom stereocenters. The highest BCUT2D eigenvalue weighted by Crippen LogP contribution is 2.37. The molecule has 0 radical (unpaired) electrons. The van der Waals surface area contributed by atoms with E-state index in [-0.39, 0.29) is 5.95 Å². The number of nitrogen functional groups attached to an aromatic ring is 2. The molecule has 0 aliphatic carbocycles. The summed E-state index contributed by atoms with van der Waals surface area (Å²) in [4.78, 5) is 10.4. The summed E-state index contributed by atoms with van der Waals surface area (Å²) >= 11 is 0. The van der Waals surface area contributed by atoms with Crippen molar-refractivity contribution in [2.75, 3.05) is 22.9 Å². The number of anilines is 3. The van der Waals surface area contributed by atoms with Crippen LogP contribution < -0.4 is 16.4 Å². The molecule has 5 nitrogen and oxygen atoms in total. The first-order valence-electron chi connectivity index (χ1n) is 8.01. The molecule has 3 aromatic rings. The van der Waals surface area contributed by atoms with Crippen molar-refractivity contribution in [2.45, 2.75) is 13.0 Å². The normalized spacial score (nSPS) is 13.1. The first kappa shape index (κ1) is 14.5. The van der Waals surface area contributed by atoms with Crippen molar-refractivity contribution in [1.82, 2.24) is 9.97 Å². The zero-order valence-corrected chi connectivity index (χ0v) is 13.3. The number of hydrogen-bond donors (Lipinski definition) is 2. The molecule has 0 fully saturated rings. The Morgan fingerprint density at radius 1 is 1.00 bits per heavy atom. The minimum absolute atomic E-state index is 0.212. The van der Waals surface area contributed by atoms with Crippen LogP contribution in [0.15, 0.2) is 54.7 Å². The Morgan fingerprint density at radius 3 is 2.62 bits per heavy atom. The summed E-state index contributed by atoms with van der Waals surface area (Å²) in [7, 11) is 0. The van der Waals surface area contributed by atoms with E-state index >= 15 is 0 Å². The van der Waals surface area contributed by atoms with Gasteiger partial charge in [0.2, 0.25) is 5.95 Å². The third kappa shape index (κ3) is 2.54. The molecule has 120 valence electrons. The monoisotopic (exact) mass is 317 g/mol. The van der Waals surface area contributed by atoms with Gasteiger partial charge in [0.1, 0.15) is 5.82 Å². The molecular weight excluding hydrogens is 298 g/mol. The molecule has 0 bridgehead atoms. The van der Waals surface area contributed by atoms with Gasteiger partial charge in [-0.2, -0.15) is 4.98 Å². The van der Waals surface area contributed by atoms with Gasteiger partial charge in [-0.25, -0.2) is 4.98 Å². The average Bonchev–Trinajstić information content (AvgIpc) is 3.01. The number of hydrogen-bond acceptors (Lipinski definition) is 5. The molecule has 2 aromatic carbocycles. The number of nitrogens with zero attached hydrogens (tertiary/aromatic N) is 3. The number of nitrogens with two attached hydrogens (primary N) is 2. The molecular formula is C19H19N5. The Bertz CT molecular complexity index is 876. The van der Waals surface area contributed by atoms with E-state index in [1.807, 2.05) is 6.07 Å². The molecule has 0 spiro atoms. The van der Waals surface area contributed by atoms with Gasteiger partial charge in [-0.3, -0.25) is 0 Å². The van der Waals surface area contributed by atoms with Gasteiger partial charge in [0.25, 0.3) is 0 Å². The summed E-state index contributed by atoms with van der Waals surface area (Å²) in [6.45, 7) is 1.65. The topological polar surface area (TPSA) is 81.1 Å². The van der Waals surface area contributed by atoms with Crippen molar-refractivity contribution in [3.63, 3.8) is 0 Å². The van der Waals surface area contributed by atoms with Crippen molar-refractivity contribution in [1.29, 1.82) is 0 Å². The highest BCUT2D eigenvalue weighted by Gasteiger charge is 2.23. The van der Waals surface area contributed by atoms with E-state index in [4.69, 9.17) is 11.5 Å².